The van der Waals surface area contributed by atoms with Crippen molar-refractivity contribution in [3.63, 3.8) is 0 Å². The summed E-state index contributed by atoms with van der Waals surface area (Å²) in [5.41, 5.74) is 2.11. The number of aromatic nitrogens is 3. The number of aryl methyl sites for hydroxylation is 3. The number of pyridine rings is 1. The molecule has 0 bridgehead atoms. The summed E-state index contributed by atoms with van der Waals surface area (Å²) in [6, 6.07) is 0. The standard InChI is InChI=1S/C23H35N5O3/c1-14(2)12-28-10-9-17(13-28)11-24-19(29)8-7-18-15(3)20-21(25-16(18)4)26(5)23(31)27(6)22(20)30/h14,17H,7-13H2,1-6H3,(H,24,29)/t17-/m0/s1. The first-order valence-electron chi connectivity index (χ1n) is 11.1. The minimum atomic E-state index is -0.394. The molecule has 8 heteroatoms. The average Bonchev–Trinajstić information content (AvgIpc) is 3.15. The summed E-state index contributed by atoms with van der Waals surface area (Å²) in [5.74, 6) is 1.20. The zero-order valence-electron chi connectivity index (χ0n) is 19.6. The van der Waals surface area contributed by atoms with Crippen molar-refractivity contribution in [2.24, 2.45) is 25.9 Å². The van der Waals surface area contributed by atoms with Crippen LogP contribution in [0.2, 0.25) is 0 Å². The normalized spacial score (nSPS) is 17.1. The third kappa shape index (κ3) is 4.89. The van der Waals surface area contributed by atoms with Gasteiger partial charge in [0, 0.05) is 45.8 Å². The van der Waals surface area contributed by atoms with E-state index < -0.39 is 5.69 Å². The molecular weight excluding hydrogens is 394 g/mol. The maximum Gasteiger partial charge on any atom is 0.332 e. The van der Waals surface area contributed by atoms with Crippen molar-refractivity contribution in [3.05, 3.63) is 37.7 Å². The molecule has 3 heterocycles. The molecule has 170 valence electrons. The van der Waals surface area contributed by atoms with E-state index in [1.165, 1.54) is 11.6 Å². The SMILES string of the molecule is Cc1nc2c(c(C)c1CCC(=O)NC[C@@H]1CCN(CC(C)C)C1)c(=O)n(C)c(=O)n2C. The van der Waals surface area contributed by atoms with Gasteiger partial charge in [0.1, 0.15) is 5.65 Å². The largest absolute Gasteiger partial charge is 0.356 e. The number of nitrogens with one attached hydrogen (secondary N) is 1. The van der Waals surface area contributed by atoms with E-state index in [0.29, 0.717) is 42.3 Å². The Morgan fingerprint density at radius 1 is 1.19 bits per heavy atom. The van der Waals surface area contributed by atoms with E-state index in [1.54, 1.807) is 7.05 Å². The van der Waals surface area contributed by atoms with Gasteiger partial charge in [-0.1, -0.05) is 13.8 Å². The summed E-state index contributed by atoms with van der Waals surface area (Å²) in [6.45, 7) is 12.2. The maximum atomic E-state index is 12.7. The molecular formula is C23H35N5O3. The Morgan fingerprint density at radius 3 is 2.58 bits per heavy atom. The molecule has 1 aliphatic heterocycles. The van der Waals surface area contributed by atoms with Gasteiger partial charge in [0.05, 0.1) is 5.39 Å². The molecule has 3 rings (SSSR count). The molecule has 2 aromatic heterocycles. The first-order valence-corrected chi connectivity index (χ1v) is 11.1. The fraction of sp³-hybridized carbons (Fsp3) is 0.652. The average molecular weight is 430 g/mol. The topological polar surface area (TPSA) is 89.2 Å². The lowest BCUT2D eigenvalue weighted by molar-refractivity contribution is -0.121. The fourth-order valence-electron chi connectivity index (χ4n) is 4.66. The van der Waals surface area contributed by atoms with Gasteiger partial charge in [-0.15, -0.1) is 0 Å². The number of hydrogen-bond donors (Lipinski definition) is 1. The van der Waals surface area contributed by atoms with Gasteiger partial charge in [0.2, 0.25) is 5.91 Å². The van der Waals surface area contributed by atoms with E-state index in [0.717, 1.165) is 47.4 Å². The molecule has 0 radical (unpaired) electrons. The number of hydrogen-bond acceptors (Lipinski definition) is 5. The number of fused-ring (bicyclic) bond motifs is 1. The van der Waals surface area contributed by atoms with Crippen LogP contribution >= 0.6 is 0 Å². The molecule has 1 saturated heterocycles. The highest BCUT2D eigenvalue weighted by molar-refractivity contribution is 5.80. The Bertz CT molecular complexity index is 1100. The second-order valence-electron chi connectivity index (χ2n) is 9.32. The van der Waals surface area contributed by atoms with Crippen LogP contribution in [0.4, 0.5) is 0 Å². The van der Waals surface area contributed by atoms with Crippen molar-refractivity contribution in [1.29, 1.82) is 0 Å². The molecule has 1 atom stereocenters. The summed E-state index contributed by atoms with van der Waals surface area (Å²) in [6.07, 6.45) is 1.99. The van der Waals surface area contributed by atoms with Crippen LogP contribution < -0.4 is 16.6 Å². The number of carbonyl (C=O) groups excluding carboxylic acids is 1. The number of amides is 1. The van der Waals surface area contributed by atoms with Crippen molar-refractivity contribution >= 4 is 16.9 Å². The summed E-state index contributed by atoms with van der Waals surface area (Å²) < 4.78 is 2.50. The minimum absolute atomic E-state index is 0.0228. The quantitative estimate of drug-likeness (QED) is 0.716. The highest BCUT2D eigenvalue weighted by Gasteiger charge is 2.23. The maximum absolute atomic E-state index is 12.7. The Labute approximate surface area is 183 Å². The van der Waals surface area contributed by atoms with Gasteiger partial charge in [-0.3, -0.25) is 18.7 Å². The summed E-state index contributed by atoms with van der Waals surface area (Å²) >= 11 is 0. The minimum Gasteiger partial charge on any atom is -0.356 e. The Kier molecular flexibility index (Phi) is 6.99. The predicted molar refractivity (Wildman–Crippen MR) is 122 cm³/mol. The summed E-state index contributed by atoms with van der Waals surface area (Å²) in [7, 11) is 3.09. The van der Waals surface area contributed by atoms with Gasteiger partial charge in [-0.25, -0.2) is 9.78 Å². The van der Waals surface area contributed by atoms with Crippen molar-refractivity contribution < 1.29 is 4.79 Å². The molecule has 0 spiro atoms. The third-order valence-corrected chi connectivity index (χ3v) is 6.35. The van der Waals surface area contributed by atoms with Crippen LogP contribution in [-0.4, -0.2) is 51.1 Å². The molecule has 1 N–H and O–H groups in total. The lowest BCUT2D eigenvalue weighted by atomic mass is 9.99. The molecule has 1 aliphatic rings. The molecule has 2 aromatic rings. The summed E-state index contributed by atoms with van der Waals surface area (Å²) in [5, 5.41) is 3.53. The van der Waals surface area contributed by atoms with Gasteiger partial charge in [0.15, 0.2) is 0 Å². The molecule has 1 amide bonds. The van der Waals surface area contributed by atoms with Gasteiger partial charge in [-0.2, -0.15) is 0 Å². The second kappa shape index (κ2) is 9.34. The van der Waals surface area contributed by atoms with Crippen molar-refractivity contribution in [3.8, 4) is 0 Å². The molecule has 31 heavy (non-hydrogen) atoms. The van der Waals surface area contributed by atoms with Crippen LogP contribution in [0.5, 0.6) is 0 Å². The van der Waals surface area contributed by atoms with Gasteiger partial charge in [-0.05, 0) is 56.2 Å². The van der Waals surface area contributed by atoms with E-state index in [9.17, 15) is 14.4 Å². The van der Waals surface area contributed by atoms with Crippen LogP contribution in [0.25, 0.3) is 11.0 Å². The molecule has 0 unspecified atom stereocenters. The lowest BCUT2D eigenvalue weighted by Gasteiger charge is -2.18. The fourth-order valence-corrected chi connectivity index (χ4v) is 4.66. The Balaban J connectivity index is 1.67. The molecule has 0 aliphatic carbocycles. The number of likely N-dealkylation sites (tertiary alicyclic amines) is 1. The van der Waals surface area contributed by atoms with E-state index in [4.69, 9.17) is 0 Å². The van der Waals surface area contributed by atoms with E-state index in [2.05, 4.69) is 29.0 Å². The van der Waals surface area contributed by atoms with E-state index in [-0.39, 0.29) is 11.5 Å². The second-order valence-corrected chi connectivity index (χ2v) is 9.32. The first-order chi connectivity index (χ1) is 14.6. The van der Waals surface area contributed by atoms with Gasteiger partial charge >= 0.3 is 5.69 Å². The number of nitrogens with zero attached hydrogens (tertiary/aromatic N) is 4. The zero-order valence-corrected chi connectivity index (χ0v) is 19.6. The highest BCUT2D eigenvalue weighted by atomic mass is 16.2. The van der Waals surface area contributed by atoms with Gasteiger partial charge in [0.25, 0.3) is 5.56 Å². The van der Waals surface area contributed by atoms with Crippen LogP contribution in [0.3, 0.4) is 0 Å². The molecule has 0 aromatic carbocycles. The predicted octanol–water partition coefficient (Wildman–Crippen LogP) is 1.28. The molecule has 1 fully saturated rings. The Hall–Kier alpha value is -2.48. The first kappa shape index (κ1) is 23.2. The molecule has 0 saturated carbocycles. The van der Waals surface area contributed by atoms with E-state index in [1.807, 2.05) is 13.8 Å². The zero-order chi connectivity index (χ0) is 22.9. The van der Waals surface area contributed by atoms with Crippen LogP contribution in [0, 0.1) is 25.7 Å². The number of rotatable bonds is 7. The summed E-state index contributed by atoms with van der Waals surface area (Å²) in [4.78, 5) is 44.4. The highest BCUT2D eigenvalue weighted by Crippen LogP contribution is 2.21. The Morgan fingerprint density at radius 2 is 1.90 bits per heavy atom. The lowest BCUT2D eigenvalue weighted by Crippen LogP contribution is -2.38. The van der Waals surface area contributed by atoms with Crippen LogP contribution in [0.15, 0.2) is 9.59 Å². The van der Waals surface area contributed by atoms with Crippen molar-refractivity contribution in [2.45, 2.75) is 47.0 Å². The molecule has 8 nitrogen and oxygen atoms in total. The third-order valence-electron chi connectivity index (χ3n) is 6.35. The van der Waals surface area contributed by atoms with Crippen molar-refractivity contribution in [1.82, 2.24) is 24.3 Å². The smallest absolute Gasteiger partial charge is 0.332 e. The van der Waals surface area contributed by atoms with Crippen LogP contribution in [-0.2, 0) is 25.3 Å². The van der Waals surface area contributed by atoms with Gasteiger partial charge < -0.3 is 10.2 Å². The number of carbonyl (C=O) groups is 1. The van der Waals surface area contributed by atoms with Crippen molar-refractivity contribution in [2.75, 3.05) is 26.2 Å². The monoisotopic (exact) mass is 429 g/mol. The van der Waals surface area contributed by atoms with Crippen LogP contribution in [0.1, 0.15) is 43.5 Å². The van der Waals surface area contributed by atoms with E-state index >= 15 is 0 Å².